The number of aliphatic hydroxyl groups is 2. The van der Waals surface area contributed by atoms with Crippen molar-refractivity contribution in [2.75, 3.05) is 26.2 Å². The van der Waals surface area contributed by atoms with Gasteiger partial charge in [0.15, 0.2) is 0 Å². The first-order valence-corrected chi connectivity index (χ1v) is 9.85. The number of ketones is 1. The molecule has 1 heterocycles. The van der Waals surface area contributed by atoms with Crippen molar-refractivity contribution >= 4 is 23.1 Å². The van der Waals surface area contributed by atoms with Gasteiger partial charge in [0, 0.05) is 30.8 Å². The second-order valence-electron chi connectivity index (χ2n) is 7.03. The zero-order chi connectivity index (χ0) is 22.4. The molecule has 2 aromatic carbocycles. The minimum Gasteiger partial charge on any atom is -0.507 e. The van der Waals surface area contributed by atoms with Crippen LogP contribution in [0.5, 0.6) is 0 Å². The Bertz CT molecular complexity index is 988. The van der Waals surface area contributed by atoms with E-state index in [9.17, 15) is 24.8 Å². The molecule has 9 nitrogen and oxygen atoms in total. The monoisotopic (exact) mass is 425 g/mol. The predicted molar refractivity (Wildman–Crippen MR) is 113 cm³/mol. The number of Topliss-reactive ketones (excluding diaryl/α,β-unsaturated/α-hetero) is 1. The summed E-state index contributed by atoms with van der Waals surface area (Å²) in [6.45, 7) is 1.26. The van der Waals surface area contributed by atoms with E-state index in [1.807, 2.05) is 6.07 Å². The van der Waals surface area contributed by atoms with Crippen LogP contribution in [0.1, 0.15) is 23.6 Å². The number of likely N-dealkylation sites (tertiary alicyclic amines) is 1. The molecular formula is C22H23N3O6. The number of nitrogens with zero attached hydrogens (tertiary/aromatic N) is 2. The van der Waals surface area contributed by atoms with Crippen LogP contribution in [0, 0.1) is 10.1 Å². The van der Waals surface area contributed by atoms with E-state index in [0.717, 1.165) is 0 Å². The van der Waals surface area contributed by atoms with Crippen LogP contribution >= 0.6 is 0 Å². The highest BCUT2D eigenvalue weighted by Crippen LogP contribution is 2.39. The van der Waals surface area contributed by atoms with E-state index in [1.165, 1.54) is 29.2 Å². The highest BCUT2D eigenvalue weighted by molar-refractivity contribution is 6.46. The van der Waals surface area contributed by atoms with Gasteiger partial charge in [-0.1, -0.05) is 30.3 Å². The highest BCUT2D eigenvalue weighted by Gasteiger charge is 2.45. The van der Waals surface area contributed by atoms with E-state index >= 15 is 0 Å². The fourth-order valence-electron chi connectivity index (χ4n) is 3.57. The van der Waals surface area contributed by atoms with Gasteiger partial charge in [-0.05, 0) is 30.7 Å². The van der Waals surface area contributed by atoms with Gasteiger partial charge in [-0.15, -0.1) is 0 Å². The van der Waals surface area contributed by atoms with Crippen LogP contribution in [0.15, 0.2) is 60.2 Å². The minimum atomic E-state index is -0.798. The number of nitro groups is 1. The lowest BCUT2D eigenvalue weighted by Gasteiger charge is -2.25. The molecule has 0 aromatic heterocycles. The van der Waals surface area contributed by atoms with E-state index in [-0.39, 0.29) is 35.7 Å². The lowest BCUT2D eigenvalue weighted by molar-refractivity contribution is -0.384. The van der Waals surface area contributed by atoms with E-state index in [1.54, 1.807) is 24.3 Å². The van der Waals surface area contributed by atoms with Crippen molar-refractivity contribution in [2.45, 2.75) is 12.5 Å². The number of nitrogens with one attached hydrogen (secondary N) is 1. The minimum absolute atomic E-state index is 0.00374. The number of carbonyl (C=O) groups is 2. The van der Waals surface area contributed by atoms with Gasteiger partial charge in [0.2, 0.25) is 0 Å². The Morgan fingerprint density at radius 2 is 1.74 bits per heavy atom. The van der Waals surface area contributed by atoms with Gasteiger partial charge in [0.05, 0.1) is 23.1 Å². The summed E-state index contributed by atoms with van der Waals surface area (Å²) < 4.78 is 0. The second-order valence-corrected chi connectivity index (χ2v) is 7.03. The van der Waals surface area contributed by atoms with Crippen molar-refractivity contribution in [1.29, 1.82) is 0 Å². The van der Waals surface area contributed by atoms with Gasteiger partial charge >= 0.3 is 0 Å². The van der Waals surface area contributed by atoms with Crippen LogP contribution in [0.4, 0.5) is 5.69 Å². The zero-order valence-corrected chi connectivity index (χ0v) is 16.7. The van der Waals surface area contributed by atoms with Gasteiger partial charge in [0.1, 0.15) is 5.76 Å². The molecule has 1 aliphatic heterocycles. The fourth-order valence-corrected chi connectivity index (χ4v) is 3.57. The highest BCUT2D eigenvalue weighted by atomic mass is 16.6. The quantitative estimate of drug-likeness (QED) is 0.140. The van der Waals surface area contributed by atoms with Crippen molar-refractivity contribution in [3.05, 3.63) is 81.4 Å². The van der Waals surface area contributed by atoms with Crippen LogP contribution in [-0.4, -0.2) is 58.0 Å². The first-order chi connectivity index (χ1) is 15.0. The Kier molecular flexibility index (Phi) is 7.11. The lowest BCUT2D eigenvalue weighted by atomic mass is 9.95. The SMILES string of the molecule is O=C1C(=O)N(CCCNCCO)C(c2ccccc2)C1=C(O)c1ccc([N+](=O)[O-])cc1. The summed E-state index contributed by atoms with van der Waals surface area (Å²) in [4.78, 5) is 37.4. The average Bonchev–Trinajstić information content (AvgIpc) is 3.04. The Morgan fingerprint density at radius 1 is 1.06 bits per heavy atom. The first kappa shape index (κ1) is 22.1. The molecule has 0 saturated carbocycles. The van der Waals surface area contributed by atoms with Gasteiger partial charge in [-0.3, -0.25) is 19.7 Å². The largest absolute Gasteiger partial charge is 0.507 e. The smallest absolute Gasteiger partial charge is 0.295 e. The Balaban J connectivity index is 1.98. The van der Waals surface area contributed by atoms with E-state index in [2.05, 4.69) is 5.32 Å². The fraction of sp³-hybridized carbons (Fsp3) is 0.273. The number of aliphatic hydroxyl groups excluding tert-OH is 2. The Labute approximate surface area is 178 Å². The third-order valence-corrected chi connectivity index (χ3v) is 5.05. The second kappa shape index (κ2) is 9.96. The van der Waals surface area contributed by atoms with E-state index < -0.39 is 22.7 Å². The number of non-ortho nitro benzene ring substituents is 1. The summed E-state index contributed by atoms with van der Waals surface area (Å²) in [5.41, 5.74) is 0.697. The van der Waals surface area contributed by atoms with Crippen molar-refractivity contribution in [1.82, 2.24) is 10.2 Å². The topological polar surface area (TPSA) is 133 Å². The molecule has 1 unspecified atom stereocenters. The standard InChI is InChI=1S/C22H23N3O6/c26-14-12-23-11-4-13-24-19(15-5-2-1-3-6-15)18(21(28)22(24)29)20(27)16-7-9-17(10-8-16)25(30)31/h1-3,5-10,19,23,26-27H,4,11-14H2. The van der Waals surface area contributed by atoms with Crippen LogP contribution in [0.25, 0.3) is 5.76 Å². The lowest BCUT2D eigenvalue weighted by Crippen LogP contribution is -2.32. The molecule has 3 rings (SSSR count). The molecule has 2 aromatic rings. The molecule has 1 fully saturated rings. The first-order valence-electron chi connectivity index (χ1n) is 9.85. The molecule has 1 saturated heterocycles. The maximum Gasteiger partial charge on any atom is 0.295 e. The normalized spacial score (nSPS) is 17.8. The maximum absolute atomic E-state index is 12.9. The maximum atomic E-state index is 12.9. The number of amides is 1. The number of benzene rings is 2. The molecule has 9 heteroatoms. The summed E-state index contributed by atoms with van der Waals surface area (Å²) in [6, 6.07) is 13.3. The van der Waals surface area contributed by atoms with Crippen LogP contribution in [-0.2, 0) is 9.59 Å². The summed E-state index contributed by atoms with van der Waals surface area (Å²) in [6.07, 6.45) is 0.550. The molecule has 0 radical (unpaired) electrons. The van der Waals surface area contributed by atoms with Crippen molar-refractivity contribution < 1.29 is 24.7 Å². The Hall–Kier alpha value is -3.56. The van der Waals surface area contributed by atoms with Crippen molar-refractivity contribution in [2.24, 2.45) is 0 Å². The Morgan fingerprint density at radius 3 is 2.35 bits per heavy atom. The number of nitro benzene ring substituents is 1. The summed E-state index contributed by atoms with van der Waals surface area (Å²) in [5, 5.41) is 33.7. The summed E-state index contributed by atoms with van der Waals surface area (Å²) >= 11 is 0. The number of hydrogen-bond acceptors (Lipinski definition) is 7. The van der Waals surface area contributed by atoms with Gasteiger partial charge in [-0.25, -0.2) is 0 Å². The van der Waals surface area contributed by atoms with Crippen LogP contribution in [0.2, 0.25) is 0 Å². The number of hydrogen-bond donors (Lipinski definition) is 3. The number of carbonyl (C=O) groups excluding carboxylic acids is 2. The molecule has 1 atom stereocenters. The van der Waals surface area contributed by atoms with Gasteiger partial charge < -0.3 is 20.4 Å². The van der Waals surface area contributed by atoms with E-state index in [4.69, 9.17) is 5.11 Å². The molecule has 0 spiro atoms. The molecule has 0 bridgehead atoms. The molecular weight excluding hydrogens is 402 g/mol. The molecule has 3 N–H and O–H groups in total. The van der Waals surface area contributed by atoms with Gasteiger partial charge in [-0.2, -0.15) is 0 Å². The molecule has 1 aliphatic rings. The molecule has 31 heavy (non-hydrogen) atoms. The van der Waals surface area contributed by atoms with E-state index in [0.29, 0.717) is 25.1 Å². The molecule has 1 amide bonds. The van der Waals surface area contributed by atoms with Gasteiger partial charge in [0.25, 0.3) is 17.4 Å². The van der Waals surface area contributed by atoms with Crippen molar-refractivity contribution in [3.8, 4) is 0 Å². The molecule has 162 valence electrons. The summed E-state index contributed by atoms with van der Waals surface area (Å²) in [5.74, 6) is -1.88. The van der Waals surface area contributed by atoms with Crippen LogP contribution < -0.4 is 5.32 Å². The molecule has 0 aliphatic carbocycles. The average molecular weight is 425 g/mol. The third kappa shape index (κ3) is 4.79. The predicted octanol–water partition coefficient (Wildman–Crippen LogP) is 1.99. The van der Waals surface area contributed by atoms with Crippen LogP contribution in [0.3, 0.4) is 0 Å². The number of rotatable bonds is 9. The van der Waals surface area contributed by atoms with Crippen molar-refractivity contribution in [3.63, 3.8) is 0 Å². The zero-order valence-electron chi connectivity index (χ0n) is 16.7. The third-order valence-electron chi connectivity index (χ3n) is 5.05. The summed E-state index contributed by atoms with van der Waals surface area (Å²) in [7, 11) is 0.